The molecule has 0 radical (unpaired) electrons. The van der Waals surface area contributed by atoms with Gasteiger partial charge in [0.15, 0.2) is 0 Å². The van der Waals surface area contributed by atoms with E-state index in [9.17, 15) is 0 Å². The van der Waals surface area contributed by atoms with Gasteiger partial charge >= 0.3 is 0 Å². The predicted octanol–water partition coefficient (Wildman–Crippen LogP) is 3.63. The van der Waals surface area contributed by atoms with Crippen LogP contribution < -0.4 is 0 Å². The van der Waals surface area contributed by atoms with Gasteiger partial charge in [-0.2, -0.15) is 0 Å². The number of allylic oxidation sites excluding steroid dienone is 1. The van der Waals surface area contributed by atoms with Gasteiger partial charge in [-0.25, -0.2) is 0 Å². The Labute approximate surface area is 75.1 Å². The molecule has 0 bridgehead atoms. The molecule has 2 rings (SSSR count). The molecule has 0 aromatic heterocycles. The van der Waals surface area contributed by atoms with Crippen molar-refractivity contribution in [2.24, 2.45) is 0 Å². The zero-order chi connectivity index (χ0) is 7.68. The molecule has 1 aliphatic rings. The Hall–Kier alpha value is -0.560. The molecule has 0 saturated heterocycles. The van der Waals surface area contributed by atoms with Crippen molar-refractivity contribution in [1.29, 1.82) is 0 Å². The van der Waals surface area contributed by atoms with Gasteiger partial charge in [0.05, 0.1) is 0 Å². The third-order valence-electron chi connectivity index (χ3n) is 1.76. The van der Waals surface area contributed by atoms with Crippen molar-refractivity contribution >= 4 is 22.0 Å². The maximum atomic E-state index is 3.44. The summed E-state index contributed by atoms with van der Waals surface area (Å²) in [6, 6.07) is 8.40. The Kier molecular flexibility index (Phi) is 1.82. The summed E-state index contributed by atoms with van der Waals surface area (Å²) < 4.78 is 1.16. The van der Waals surface area contributed by atoms with Crippen molar-refractivity contribution in [3.05, 3.63) is 39.9 Å². The maximum Gasteiger partial charge on any atom is 0.0181 e. The average Bonchev–Trinajstić information content (AvgIpc) is 2.71. The van der Waals surface area contributed by atoms with Gasteiger partial charge in [-0.1, -0.05) is 39.7 Å². The fourth-order valence-electron chi connectivity index (χ4n) is 1.05. The fourth-order valence-corrected chi connectivity index (χ4v) is 1.47. The average molecular weight is 209 g/mol. The first kappa shape index (κ1) is 7.11. The second-order valence-corrected chi connectivity index (χ2v) is 3.77. The highest BCUT2D eigenvalue weighted by molar-refractivity contribution is 9.10. The lowest BCUT2D eigenvalue weighted by Crippen LogP contribution is -1.69. The van der Waals surface area contributed by atoms with Gasteiger partial charge in [-0.05, 0) is 30.5 Å². The van der Waals surface area contributed by atoms with Crippen LogP contribution in [0.4, 0.5) is 0 Å². The van der Waals surface area contributed by atoms with Crippen LogP contribution in [0.3, 0.4) is 0 Å². The van der Waals surface area contributed by atoms with Crippen LogP contribution in [-0.4, -0.2) is 0 Å². The van der Waals surface area contributed by atoms with Crippen LogP contribution in [0.2, 0.25) is 0 Å². The summed E-state index contributed by atoms with van der Waals surface area (Å²) in [6.45, 7) is 0. The lowest BCUT2D eigenvalue weighted by atomic mass is 10.2. The minimum absolute atomic E-state index is 1.16. The number of halogens is 1. The van der Waals surface area contributed by atoms with E-state index in [4.69, 9.17) is 0 Å². The van der Waals surface area contributed by atoms with Crippen LogP contribution >= 0.6 is 15.9 Å². The largest absolute Gasteiger partial charge is 0.0690 e. The zero-order valence-electron chi connectivity index (χ0n) is 6.18. The van der Waals surface area contributed by atoms with E-state index in [1.807, 2.05) is 0 Å². The Morgan fingerprint density at radius 3 is 2.73 bits per heavy atom. The predicted molar refractivity (Wildman–Crippen MR) is 51.4 cm³/mol. The zero-order valence-corrected chi connectivity index (χ0v) is 7.76. The highest BCUT2D eigenvalue weighted by atomic mass is 79.9. The van der Waals surface area contributed by atoms with Crippen LogP contribution in [0.15, 0.2) is 34.3 Å². The summed E-state index contributed by atoms with van der Waals surface area (Å²) in [7, 11) is 0. The smallest absolute Gasteiger partial charge is 0.0181 e. The molecule has 1 aromatic rings. The van der Waals surface area contributed by atoms with Crippen LogP contribution in [0.5, 0.6) is 0 Å². The molecule has 0 spiro atoms. The second-order valence-electron chi connectivity index (χ2n) is 2.86. The van der Waals surface area contributed by atoms with Gasteiger partial charge in [0.2, 0.25) is 0 Å². The molecule has 1 fully saturated rings. The molecule has 1 aromatic carbocycles. The summed E-state index contributed by atoms with van der Waals surface area (Å²) in [5, 5.41) is 0. The third-order valence-corrected chi connectivity index (χ3v) is 2.25. The van der Waals surface area contributed by atoms with E-state index in [1.165, 1.54) is 18.4 Å². The summed E-state index contributed by atoms with van der Waals surface area (Å²) in [5.74, 6) is 0. The number of hydrogen-bond acceptors (Lipinski definition) is 0. The van der Waals surface area contributed by atoms with Gasteiger partial charge in [-0.3, -0.25) is 0 Å². The van der Waals surface area contributed by atoms with Gasteiger partial charge in [0.25, 0.3) is 0 Å². The van der Waals surface area contributed by atoms with E-state index < -0.39 is 0 Å². The van der Waals surface area contributed by atoms with E-state index in [1.54, 1.807) is 5.57 Å². The van der Waals surface area contributed by atoms with E-state index >= 15 is 0 Å². The molecule has 0 amide bonds. The van der Waals surface area contributed by atoms with Crippen molar-refractivity contribution in [3.8, 4) is 0 Å². The quantitative estimate of drug-likeness (QED) is 0.662. The molecule has 1 heteroatoms. The monoisotopic (exact) mass is 208 g/mol. The van der Waals surface area contributed by atoms with E-state index in [2.05, 4.69) is 46.3 Å². The van der Waals surface area contributed by atoms with Gasteiger partial charge < -0.3 is 0 Å². The number of hydrogen-bond donors (Lipinski definition) is 0. The van der Waals surface area contributed by atoms with E-state index in [-0.39, 0.29) is 0 Å². The molecule has 0 heterocycles. The normalized spacial score (nSPS) is 14.8. The Balaban J connectivity index is 2.30. The van der Waals surface area contributed by atoms with E-state index in [0.717, 1.165) is 4.47 Å². The fraction of sp³-hybridized carbons (Fsp3) is 0.200. The molecule has 56 valence electrons. The van der Waals surface area contributed by atoms with Crippen molar-refractivity contribution < 1.29 is 0 Å². The molecule has 11 heavy (non-hydrogen) atoms. The number of benzene rings is 1. The first-order chi connectivity index (χ1) is 5.34. The van der Waals surface area contributed by atoms with Crippen LogP contribution in [0.25, 0.3) is 6.08 Å². The highest BCUT2D eigenvalue weighted by Gasteiger charge is 2.09. The van der Waals surface area contributed by atoms with Crippen LogP contribution in [0.1, 0.15) is 18.4 Å². The second kappa shape index (κ2) is 2.82. The standard InChI is InChI=1S/C10H9Br/c11-10-3-1-2-9(7-10)6-8-4-5-8/h1-3,6-7H,4-5H2. The van der Waals surface area contributed by atoms with Gasteiger partial charge in [-0.15, -0.1) is 0 Å². The summed E-state index contributed by atoms with van der Waals surface area (Å²) in [4.78, 5) is 0. The molecule has 0 atom stereocenters. The lowest BCUT2D eigenvalue weighted by Gasteiger charge is -1.92. The Morgan fingerprint density at radius 2 is 2.09 bits per heavy atom. The SMILES string of the molecule is Brc1cccc(C=C2CC2)c1. The summed E-state index contributed by atoms with van der Waals surface area (Å²) in [6.07, 6.45) is 4.86. The topological polar surface area (TPSA) is 0 Å². The molecule has 0 nitrogen and oxygen atoms in total. The summed E-state index contributed by atoms with van der Waals surface area (Å²) in [5.41, 5.74) is 2.88. The minimum Gasteiger partial charge on any atom is -0.0690 e. The molecule has 0 unspecified atom stereocenters. The van der Waals surface area contributed by atoms with E-state index in [0.29, 0.717) is 0 Å². The van der Waals surface area contributed by atoms with Crippen molar-refractivity contribution in [3.63, 3.8) is 0 Å². The van der Waals surface area contributed by atoms with Crippen LogP contribution in [-0.2, 0) is 0 Å². The Bertz CT molecular complexity index is 293. The minimum atomic E-state index is 1.16. The molecular weight excluding hydrogens is 200 g/mol. The van der Waals surface area contributed by atoms with Crippen molar-refractivity contribution in [1.82, 2.24) is 0 Å². The van der Waals surface area contributed by atoms with Crippen molar-refractivity contribution in [2.75, 3.05) is 0 Å². The molecule has 0 aliphatic heterocycles. The van der Waals surface area contributed by atoms with Crippen LogP contribution in [0, 0.1) is 0 Å². The number of rotatable bonds is 1. The molecule has 1 aliphatic carbocycles. The first-order valence-corrected chi connectivity index (χ1v) is 4.59. The van der Waals surface area contributed by atoms with Gasteiger partial charge in [0, 0.05) is 4.47 Å². The highest BCUT2D eigenvalue weighted by Crippen LogP contribution is 2.30. The maximum absolute atomic E-state index is 3.44. The Morgan fingerprint density at radius 1 is 1.27 bits per heavy atom. The molecule has 0 N–H and O–H groups in total. The lowest BCUT2D eigenvalue weighted by molar-refractivity contribution is 1.50. The van der Waals surface area contributed by atoms with Gasteiger partial charge in [0.1, 0.15) is 0 Å². The molecule has 1 saturated carbocycles. The van der Waals surface area contributed by atoms with Crippen molar-refractivity contribution in [2.45, 2.75) is 12.8 Å². The summed E-state index contributed by atoms with van der Waals surface area (Å²) >= 11 is 3.44. The first-order valence-electron chi connectivity index (χ1n) is 3.79. The third kappa shape index (κ3) is 1.93. The molecular formula is C10H9Br.